The van der Waals surface area contributed by atoms with Crippen LogP contribution in [0.3, 0.4) is 0 Å². The van der Waals surface area contributed by atoms with Gasteiger partial charge >= 0.3 is 0 Å². The largest absolute Gasteiger partial charge is 0.494 e. The number of unbranched alkanes of at least 4 members (excludes halogenated alkanes) is 1. The summed E-state index contributed by atoms with van der Waals surface area (Å²) in [5.74, 6) is 1.94. The SMILES string of the molecule is CCC(N)c1nc2ccccc2n1CCCCOc1cccc(C)c1. The van der Waals surface area contributed by atoms with Crippen molar-refractivity contribution < 1.29 is 4.74 Å². The number of nitrogens with two attached hydrogens (primary N) is 1. The zero-order valence-electron chi connectivity index (χ0n) is 15.1. The van der Waals surface area contributed by atoms with Crippen LogP contribution < -0.4 is 10.5 Å². The molecule has 3 aromatic rings. The van der Waals surface area contributed by atoms with E-state index in [0.717, 1.165) is 49.5 Å². The van der Waals surface area contributed by atoms with Crippen molar-refractivity contribution in [3.05, 3.63) is 59.9 Å². The smallest absolute Gasteiger partial charge is 0.126 e. The van der Waals surface area contributed by atoms with Crippen molar-refractivity contribution in [2.75, 3.05) is 6.61 Å². The highest BCUT2D eigenvalue weighted by molar-refractivity contribution is 5.76. The van der Waals surface area contributed by atoms with E-state index in [0.29, 0.717) is 0 Å². The first-order valence-corrected chi connectivity index (χ1v) is 9.09. The van der Waals surface area contributed by atoms with Gasteiger partial charge in [-0.15, -0.1) is 0 Å². The van der Waals surface area contributed by atoms with Crippen LogP contribution in [0.4, 0.5) is 0 Å². The fraction of sp³-hybridized carbons (Fsp3) is 0.381. The van der Waals surface area contributed by atoms with Crippen molar-refractivity contribution in [2.24, 2.45) is 5.73 Å². The summed E-state index contributed by atoms with van der Waals surface area (Å²) in [5, 5.41) is 0. The second kappa shape index (κ2) is 8.17. The first-order valence-electron chi connectivity index (χ1n) is 9.09. The Balaban J connectivity index is 1.61. The van der Waals surface area contributed by atoms with Crippen LogP contribution in [0.25, 0.3) is 11.0 Å². The third-order valence-electron chi connectivity index (χ3n) is 4.49. The number of imidazole rings is 1. The number of ether oxygens (including phenoxy) is 1. The van der Waals surface area contributed by atoms with Crippen LogP contribution in [0.15, 0.2) is 48.5 Å². The van der Waals surface area contributed by atoms with Crippen molar-refractivity contribution in [1.29, 1.82) is 0 Å². The van der Waals surface area contributed by atoms with Gasteiger partial charge in [-0.25, -0.2) is 4.98 Å². The van der Waals surface area contributed by atoms with E-state index in [9.17, 15) is 0 Å². The summed E-state index contributed by atoms with van der Waals surface area (Å²) in [7, 11) is 0. The molecule has 0 saturated heterocycles. The van der Waals surface area contributed by atoms with Gasteiger partial charge < -0.3 is 15.0 Å². The number of rotatable bonds is 8. The van der Waals surface area contributed by atoms with Crippen LogP contribution in [0.2, 0.25) is 0 Å². The number of aromatic nitrogens is 2. The molecule has 0 aliphatic rings. The fourth-order valence-corrected chi connectivity index (χ4v) is 3.06. The molecule has 0 amide bonds. The normalized spacial score (nSPS) is 12.4. The number of aryl methyl sites for hydroxylation is 2. The molecule has 0 saturated carbocycles. The summed E-state index contributed by atoms with van der Waals surface area (Å²) in [6.45, 7) is 5.82. The highest BCUT2D eigenvalue weighted by Gasteiger charge is 2.15. The molecule has 4 nitrogen and oxygen atoms in total. The van der Waals surface area contributed by atoms with E-state index < -0.39 is 0 Å². The van der Waals surface area contributed by atoms with Gasteiger partial charge in [0.05, 0.1) is 23.7 Å². The zero-order chi connectivity index (χ0) is 17.6. The maximum Gasteiger partial charge on any atom is 0.126 e. The Hall–Kier alpha value is -2.33. The molecular formula is C21H27N3O. The molecule has 0 radical (unpaired) electrons. The second-order valence-corrected chi connectivity index (χ2v) is 6.50. The van der Waals surface area contributed by atoms with Crippen molar-refractivity contribution in [3.8, 4) is 5.75 Å². The molecule has 2 aromatic carbocycles. The minimum Gasteiger partial charge on any atom is -0.494 e. The minimum absolute atomic E-state index is 0.0176. The minimum atomic E-state index is -0.0176. The van der Waals surface area contributed by atoms with E-state index in [1.807, 2.05) is 18.2 Å². The third-order valence-corrected chi connectivity index (χ3v) is 4.49. The van der Waals surface area contributed by atoms with Crippen LogP contribution in [0.1, 0.15) is 43.6 Å². The highest BCUT2D eigenvalue weighted by atomic mass is 16.5. The molecule has 1 atom stereocenters. The first-order chi connectivity index (χ1) is 12.2. The van der Waals surface area contributed by atoms with Crippen LogP contribution in [0.5, 0.6) is 5.75 Å². The van der Waals surface area contributed by atoms with Gasteiger partial charge in [0.15, 0.2) is 0 Å². The van der Waals surface area contributed by atoms with E-state index >= 15 is 0 Å². The van der Waals surface area contributed by atoms with E-state index in [1.165, 1.54) is 11.1 Å². The van der Waals surface area contributed by atoms with E-state index in [4.69, 9.17) is 15.5 Å². The van der Waals surface area contributed by atoms with Gasteiger partial charge in [0.1, 0.15) is 11.6 Å². The maximum absolute atomic E-state index is 6.27. The average Bonchev–Trinajstić information content (AvgIpc) is 2.99. The Morgan fingerprint density at radius 3 is 2.76 bits per heavy atom. The van der Waals surface area contributed by atoms with Gasteiger partial charge in [0.2, 0.25) is 0 Å². The predicted octanol–water partition coefficient (Wildman–Crippen LogP) is 4.61. The highest BCUT2D eigenvalue weighted by Crippen LogP contribution is 2.22. The van der Waals surface area contributed by atoms with Gasteiger partial charge in [0.25, 0.3) is 0 Å². The Morgan fingerprint density at radius 2 is 1.96 bits per heavy atom. The lowest BCUT2D eigenvalue weighted by molar-refractivity contribution is 0.303. The van der Waals surface area contributed by atoms with Crippen LogP contribution >= 0.6 is 0 Å². The van der Waals surface area contributed by atoms with Crippen molar-refractivity contribution in [2.45, 2.75) is 45.7 Å². The zero-order valence-corrected chi connectivity index (χ0v) is 15.1. The standard InChI is InChI=1S/C21H27N3O/c1-3-18(22)21-23-19-11-4-5-12-20(19)24(21)13-6-7-14-25-17-10-8-9-16(2)15-17/h4-5,8-12,15,18H,3,6-7,13-14,22H2,1-2H3. The van der Waals surface area contributed by atoms with Crippen molar-refractivity contribution >= 4 is 11.0 Å². The summed E-state index contributed by atoms with van der Waals surface area (Å²) >= 11 is 0. The van der Waals surface area contributed by atoms with E-state index in [-0.39, 0.29) is 6.04 Å². The molecule has 4 heteroatoms. The number of benzene rings is 2. The van der Waals surface area contributed by atoms with Crippen LogP contribution in [-0.2, 0) is 6.54 Å². The first kappa shape index (κ1) is 17.5. The van der Waals surface area contributed by atoms with Crippen molar-refractivity contribution in [3.63, 3.8) is 0 Å². The van der Waals surface area contributed by atoms with Gasteiger partial charge in [-0.05, 0) is 56.0 Å². The lowest BCUT2D eigenvalue weighted by atomic mass is 10.2. The summed E-state index contributed by atoms with van der Waals surface area (Å²) in [5.41, 5.74) is 9.69. The molecule has 2 N–H and O–H groups in total. The van der Waals surface area contributed by atoms with Gasteiger partial charge in [-0.1, -0.05) is 31.2 Å². The maximum atomic E-state index is 6.27. The van der Waals surface area contributed by atoms with Crippen LogP contribution in [-0.4, -0.2) is 16.2 Å². The summed E-state index contributed by atoms with van der Waals surface area (Å²) in [6.07, 6.45) is 2.93. The molecule has 0 bridgehead atoms. The van der Waals surface area contributed by atoms with Gasteiger partial charge in [-0.3, -0.25) is 0 Å². The Bertz CT molecular complexity index is 825. The van der Waals surface area contributed by atoms with Crippen molar-refractivity contribution in [1.82, 2.24) is 9.55 Å². The molecule has 1 heterocycles. The third kappa shape index (κ3) is 4.20. The quantitative estimate of drug-likeness (QED) is 0.611. The number of fused-ring (bicyclic) bond motifs is 1. The molecule has 0 spiro atoms. The summed E-state index contributed by atoms with van der Waals surface area (Å²) in [4.78, 5) is 4.75. The van der Waals surface area contributed by atoms with E-state index in [1.54, 1.807) is 0 Å². The number of hydrogen-bond donors (Lipinski definition) is 1. The van der Waals surface area contributed by atoms with Crippen LogP contribution in [0, 0.1) is 6.92 Å². The topological polar surface area (TPSA) is 53.1 Å². The molecule has 0 fully saturated rings. The molecule has 1 aromatic heterocycles. The monoisotopic (exact) mass is 337 g/mol. The number of para-hydroxylation sites is 2. The van der Waals surface area contributed by atoms with Gasteiger partial charge in [0, 0.05) is 6.54 Å². The lowest BCUT2D eigenvalue weighted by Crippen LogP contribution is -2.16. The fourth-order valence-electron chi connectivity index (χ4n) is 3.06. The molecule has 1 unspecified atom stereocenters. The second-order valence-electron chi connectivity index (χ2n) is 6.50. The Morgan fingerprint density at radius 1 is 1.12 bits per heavy atom. The van der Waals surface area contributed by atoms with Gasteiger partial charge in [-0.2, -0.15) is 0 Å². The Kier molecular flexibility index (Phi) is 5.71. The predicted molar refractivity (Wildman–Crippen MR) is 103 cm³/mol. The number of hydrogen-bond acceptors (Lipinski definition) is 3. The Labute approximate surface area is 149 Å². The molecule has 0 aliphatic heterocycles. The average molecular weight is 337 g/mol. The molecular weight excluding hydrogens is 310 g/mol. The lowest BCUT2D eigenvalue weighted by Gasteiger charge is -2.13. The molecule has 132 valence electrons. The molecule has 25 heavy (non-hydrogen) atoms. The summed E-state index contributed by atoms with van der Waals surface area (Å²) < 4.78 is 8.12. The molecule has 3 rings (SSSR count). The summed E-state index contributed by atoms with van der Waals surface area (Å²) in [6, 6.07) is 16.4. The number of nitrogens with zero attached hydrogens (tertiary/aromatic N) is 2. The van der Waals surface area contributed by atoms with E-state index in [2.05, 4.69) is 48.7 Å². The molecule has 0 aliphatic carbocycles.